The Morgan fingerprint density at radius 2 is 1.69 bits per heavy atom. The quantitative estimate of drug-likeness (QED) is 0.521. The number of hydrogen-bond acceptors (Lipinski definition) is 3. The number of carbonyl (C=O) groups is 3. The van der Waals surface area contributed by atoms with Gasteiger partial charge in [-0.1, -0.05) is 13.8 Å². The zero-order valence-corrected chi connectivity index (χ0v) is 21.9. The summed E-state index contributed by atoms with van der Waals surface area (Å²) in [5.41, 5.74) is 2.03. The number of piperidine rings is 1. The lowest BCUT2D eigenvalue weighted by Gasteiger charge is -2.62. The summed E-state index contributed by atoms with van der Waals surface area (Å²) in [5, 5.41) is 3.02. The minimum absolute atomic E-state index is 0.0353. The Morgan fingerprint density at radius 3 is 2.40 bits per heavy atom. The summed E-state index contributed by atoms with van der Waals surface area (Å²) in [6, 6.07) is 7.59. The second kappa shape index (κ2) is 9.05. The van der Waals surface area contributed by atoms with Crippen molar-refractivity contribution < 1.29 is 14.4 Å². The molecule has 190 valence electrons. The van der Waals surface area contributed by atoms with Crippen molar-refractivity contribution in [3.05, 3.63) is 29.8 Å². The van der Waals surface area contributed by atoms with Crippen molar-refractivity contribution in [1.82, 2.24) is 4.90 Å². The maximum absolute atomic E-state index is 12.7. The van der Waals surface area contributed by atoms with Crippen molar-refractivity contribution in [2.24, 2.45) is 34.5 Å². The van der Waals surface area contributed by atoms with E-state index in [4.69, 9.17) is 0 Å². The molecule has 0 unspecified atom stereocenters. The predicted molar refractivity (Wildman–Crippen MR) is 138 cm³/mol. The average molecular weight is 479 g/mol. The third-order valence-corrected chi connectivity index (χ3v) is 11.0. The largest absolute Gasteiger partial charge is 0.342 e. The number of nitrogens with one attached hydrogen (secondary N) is 1. The van der Waals surface area contributed by atoms with Gasteiger partial charge in [-0.3, -0.25) is 14.4 Å². The minimum Gasteiger partial charge on any atom is -0.342 e. The fourth-order valence-electron chi connectivity index (χ4n) is 9.05. The summed E-state index contributed by atoms with van der Waals surface area (Å²) in [6.07, 6.45) is 10.8. The lowest BCUT2D eigenvalue weighted by Crippen LogP contribution is -2.61. The first-order valence-electron chi connectivity index (χ1n) is 13.8. The monoisotopic (exact) mass is 478 g/mol. The van der Waals surface area contributed by atoms with Gasteiger partial charge in [0.2, 0.25) is 11.8 Å². The van der Waals surface area contributed by atoms with Crippen LogP contribution in [0, 0.1) is 34.5 Å². The van der Waals surface area contributed by atoms with Crippen molar-refractivity contribution in [2.75, 3.05) is 12.4 Å². The van der Waals surface area contributed by atoms with E-state index in [9.17, 15) is 14.4 Å². The van der Waals surface area contributed by atoms with E-state index in [-0.39, 0.29) is 17.1 Å². The second-order valence-electron chi connectivity index (χ2n) is 12.5. The molecular weight excluding hydrogens is 436 g/mol. The molecule has 1 saturated heterocycles. The van der Waals surface area contributed by atoms with Gasteiger partial charge in [-0.2, -0.15) is 0 Å². The average Bonchev–Trinajstić information content (AvgIpc) is 3.17. The van der Waals surface area contributed by atoms with Crippen LogP contribution in [0.4, 0.5) is 5.69 Å². The van der Waals surface area contributed by atoms with E-state index >= 15 is 0 Å². The number of fused-ring (bicyclic) bond motifs is 5. The molecule has 0 bridgehead atoms. The Kier molecular flexibility index (Phi) is 6.34. The topological polar surface area (TPSA) is 66.5 Å². The summed E-state index contributed by atoms with van der Waals surface area (Å²) in [4.78, 5) is 38.7. The first-order chi connectivity index (χ1) is 16.6. The van der Waals surface area contributed by atoms with Gasteiger partial charge in [-0.15, -0.1) is 0 Å². The van der Waals surface area contributed by atoms with Crippen LogP contribution in [0.25, 0.3) is 0 Å². The molecule has 7 atom stereocenters. The highest BCUT2D eigenvalue weighted by atomic mass is 16.2. The number of anilines is 1. The van der Waals surface area contributed by atoms with Crippen LogP contribution in [-0.2, 0) is 9.59 Å². The number of amides is 2. The molecular formula is C30H42N2O3. The zero-order chi connectivity index (χ0) is 25.0. The third kappa shape index (κ3) is 4.13. The lowest BCUT2D eigenvalue weighted by atomic mass is 9.46. The molecule has 4 fully saturated rings. The van der Waals surface area contributed by atoms with E-state index in [1.54, 1.807) is 19.1 Å². The summed E-state index contributed by atoms with van der Waals surface area (Å²) < 4.78 is 0. The Balaban J connectivity index is 1.21. The van der Waals surface area contributed by atoms with Crippen molar-refractivity contribution in [3.8, 4) is 0 Å². The SMILES string of the molecule is CC(=O)c1ccc(NC(=O)CC[C@H]2CC[C@H]3[C@@H]4CC[C@H]5N(C)C(=O)CC[C@]5(C)[C@H]4CC[C@]23C)cc1. The van der Waals surface area contributed by atoms with Gasteiger partial charge in [-0.05, 0) is 117 Å². The molecule has 3 saturated carbocycles. The number of likely N-dealkylation sites (tertiary alicyclic amines) is 1. The molecule has 0 aromatic heterocycles. The van der Waals surface area contributed by atoms with Crippen molar-refractivity contribution in [2.45, 2.75) is 91.0 Å². The van der Waals surface area contributed by atoms with Crippen LogP contribution >= 0.6 is 0 Å². The summed E-state index contributed by atoms with van der Waals surface area (Å²) >= 11 is 0. The number of Topliss-reactive ketones (excluding diaryl/α,β-unsaturated/α-hetero) is 1. The fraction of sp³-hybridized carbons (Fsp3) is 0.700. The fourth-order valence-corrected chi connectivity index (χ4v) is 9.05. The van der Waals surface area contributed by atoms with Crippen molar-refractivity contribution in [3.63, 3.8) is 0 Å². The van der Waals surface area contributed by atoms with Gasteiger partial charge in [0, 0.05) is 37.2 Å². The molecule has 0 radical (unpaired) electrons. The van der Waals surface area contributed by atoms with E-state index in [1.165, 1.54) is 32.1 Å². The number of carbonyl (C=O) groups excluding carboxylic acids is 3. The van der Waals surface area contributed by atoms with E-state index in [0.29, 0.717) is 41.7 Å². The van der Waals surface area contributed by atoms with Gasteiger partial charge in [0.15, 0.2) is 5.78 Å². The van der Waals surface area contributed by atoms with Crippen LogP contribution in [0.15, 0.2) is 24.3 Å². The number of benzene rings is 1. The first kappa shape index (κ1) is 24.5. The Hall–Kier alpha value is -2.17. The second-order valence-corrected chi connectivity index (χ2v) is 12.5. The molecule has 35 heavy (non-hydrogen) atoms. The van der Waals surface area contributed by atoms with E-state index < -0.39 is 0 Å². The van der Waals surface area contributed by atoms with Crippen molar-refractivity contribution >= 4 is 23.3 Å². The van der Waals surface area contributed by atoms with E-state index in [0.717, 1.165) is 42.7 Å². The highest BCUT2D eigenvalue weighted by molar-refractivity contribution is 5.95. The maximum Gasteiger partial charge on any atom is 0.224 e. The standard InChI is InChI=1S/C30H42N2O3/c1-19(33)20-5-9-22(10-6-20)31-27(34)14-8-21-7-12-24-23-11-13-26-30(3,18-16-28(35)32(26)4)25(23)15-17-29(21,24)2/h5-6,9-10,21,23-26H,7-8,11-18H2,1-4H3,(H,31,34)/t21-,23+,24+,25+,26-,29-,30-/m1/s1. The number of ketones is 1. The molecule has 5 rings (SSSR count). The molecule has 2 amide bonds. The molecule has 4 aliphatic rings. The van der Waals surface area contributed by atoms with Crippen LogP contribution in [0.3, 0.4) is 0 Å². The summed E-state index contributed by atoms with van der Waals surface area (Å²) in [7, 11) is 2.03. The lowest BCUT2D eigenvalue weighted by molar-refractivity contribution is -0.158. The van der Waals surface area contributed by atoms with Gasteiger partial charge in [0.1, 0.15) is 0 Å². The molecule has 1 heterocycles. The first-order valence-corrected chi connectivity index (χ1v) is 13.8. The molecule has 3 aliphatic carbocycles. The van der Waals surface area contributed by atoms with Crippen molar-refractivity contribution in [1.29, 1.82) is 0 Å². The number of hydrogen-bond donors (Lipinski definition) is 1. The molecule has 5 heteroatoms. The van der Waals surface area contributed by atoms with Gasteiger partial charge in [-0.25, -0.2) is 0 Å². The molecule has 1 aromatic carbocycles. The van der Waals surface area contributed by atoms with Gasteiger partial charge in [0.25, 0.3) is 0 Å². The number of nitrogens with zero attached hydrogens (tertiary/aromatic N) is 1. The van der Waals surface area contributed by atoms with Gasteiger partial charge < -0.3 is 10.2 Å². The Bertz CT molecular complexity index is 1000. The molecule has 0 spiro atoms. The minimum atomic E-state index is 0.0353. The van der Waals surface area contributed by atoms with E-state index in [1.807, 2.05) is 19.2 Å². The van der Waals surface area contributed by atoms with Gasteiger partial charge in [0.05, 0.1) is 0 Å². The normalized spacial score (nSPS) is 38.3. The highest BCUT2D eigenvalue weighted by Gasteiger charge is 2.60. The van der Waals surface area contributed by atoms with E-state index in [2.05, 4.69) is 24.1 Å². The van der Waals surface area contributed by atoms with Crippen LogP contribution in [0.2, 0.25) is 0 Å². The predicted octanol–water partition coefficient (Wildman–Crippen LogP) is 6.09. The Labute approximate surface area is 210 Å². The molecule has 1 aromatic rings. The zero-order valence-electron chi connectivity index (χ0n) is 21.9. The van der Waals surface area contributed by atoms with Crippen LogP contribution in [0.5, 0.6) is 0 Å². The van der Waals surface area contributed by atoms with Crippen LogP contribution < -0.4 is 5.32 Å². The molecule has 5 nitrogen and oxygen atoms in total. The molecule has 1 N–H and O–H groups in total. The number of rotatable bonds is 5. The summed E-state index contributed by atoms with van der Waals surface area (Å²) in [6.45, 7) is 6.56. The summed E-state index contributed by atoms with van der Waals surface area (Å²) in [5.74, 6) is 3.32. The van der Waals surface area contributed by atoms with Crippen LogP contribution in [-0.4, -0.2) is 35.6 Å². The smallest absolute Gasteiger partial charge is 0.224 e. The molecule has 1 aliphatic heterocycles. The third-order valence-electron chi connectivity index (χ3n) is 11.0. The van der Waals surface area contributed by atoms with Crippen LogP contribution in [0.1, 0.15) is 95.3 Å². The highest BCUT2D eigenvalue weighted by Crippen LogP contribution is 2.66. The Morgan fingerprint density at radius 1 is 0.971 bits per heavy atom. The van der Waals surface area contributed by atoms with Gasteiger partial charge >= 0.3 is 0 Å². The maximum atomic E-state index is 12.7.